The van der Waals surface area contributed by atoms with Gasteiger partial charge >= 0.3 is 12.1 Å². The third-order valence-electron chi connectivity index (χ3n) is 3.73. The Morgan fingerprint density at radius 2 is 1.96 bits per heavy atom. The van der Waals surface area contributed by atoms with Crippen LogP contribution in [0, 0.1) is 6.92 Å². The van der Waals surface area contributed by atoms with Crippen LogP contribution in [-0.2, 0) is 21.2 Å². The van der Waals surface area contributed by atoms with Crippen molar-refractivity contribution in [3.8, 4) is 0 Å². The predicted octanol–water partition coefficient (Wildman–Crippen LogP) is 2.69. The molecule has 2 rings (SSSR count). The number of rotatable bonds is 5. The fourth-order valence-corrected chi connectivity index (χ4v) is 2.17. The monoisotopic (exact) mass is 372 g/mol. The van der Waals surface area contributed by atoms with E-state index in [2.05, 4.69) is 25.7 Å². The molecule has 0 saturated heterocycles. The number of ether oxygens (including phenoxy) is 1. The van der Waals surface area contributed by atoms with Gasteiger partial charge in [0.05, 0.1) is 24.7 Å². The highest BCUT2D eigenvalue weighted by molar-refractivity contribution is 5.77. The van der Waals surface area contributed by atoms with Crippen molar-refractivity contribution in [1.82, 2.24) is 19.7 Å². The lowest BCUT2D eigenvalue weighted by molar-refractivity contribution is -0.150. The highest BCUT2D eigenvalue weighted by Gasteiger charge is 2.35. The van der Waals surface area contributed by atoms with Crippen molar-refractivity contribution in [3.63, 3.8) is 0 Å². The molecule has 0 bridgehead atoms. The molecular formula is C15H19F3N6O2. The van der Waals surface area contributed by atoms with Gasteiger partial charge in [-0.15, -0.1) is 0 Å². The van der Waals surface area contributed by atoms with E-state index in [1.165, 1.54) is 25.0 Å². The Morgan fingerprint density at radius 3 is 2.50 bits per heavy atom. The van der Waals surface area contributed by atoms with Crippen molar-refractivity contribution in [3.05, 3.63) is 23.7 Å². The average molecular weight is 372 g/mol. The average Bonchev–Trinajstić information content (AvgIpc) is 2.94. The third kappa shape index (κ3) is 3.70. The van der Waals surface area contributed by atoms with Gasteiger partial charge in [-0.05, 0) is 20.8 Å². The fourth-order valence-electron chi connectivity index (χ4n) is 2.17. The molecule has 0 atom stereocenters. The topological polar surface area (TPSA) is 94.0 Å². The number of aryl methyl sites for hydroxylation is 1. The molecule has 0 aliphatic carbocycles. The van der Waals surface area contributed by atoms with Gasteiger partial charge < -0.3 is 15.4 Å². The number of nitrogens with one attached hydrogen (secondary N) is 2. The van der Waals surface area contributed by atoms with E-state index in [1.807, 2.05) is 0 Å². The summed E-state index contributed by atoms with van der Waals surface area (Å²) in [5.74, 6) is -0.884. The van der Waals surface area contributed by atoms with Gasteiger partial charge in [0.1, 0.15) is 11.4 Å². The second-order valence-electron chi connectivity index (χ2n) is 5.95. The minimum atomic E-state index is -4.57. The molecule has 0 unspecified atom stereocenters. The Labute approximate surface area is 147 Å². The molecule has 26 heavy (non-hydrogen) atoms. The van der Waals surface area contributed by atoms with E-state index in [4.69, 9.17) is 4.74 Å². The normalized spacial score (nSPS) is 12.0. The second kappa shape index (κ2) is 6.81. The molecule has 0 aliphatic rings. The maximum absolute atomic E-state index is 12.9. The van der Waals surface area contributed by atoms with Crippen molar-refractivity contribution in [1.29, 1.82) is 0 Å². The highest BCUT2D eigenvalue weighted by Crippen LogP contribution is 2.34. The first-order chi connectivity index (χ1) is 12.0. The van der Waals surface area contributed by atoms with E-state index in [0.29, 0.717) is 17.6 Å². The molecule has 0 spiro atoms. The van der Waals surface area contributed by atoms with E-state index < -0.39 is 23.2 Å². The summed E-state index contributed by atoms with van der Waals surface area (Å²) >= 11 is 0. The Bertz CT molecular complexity index is 816. The van der Waals surface area contributed by atoms with E-state index in [0.717, 1.165) is 0 Å². The molecule has 8 nitrogen and oxygen atoms in total. The van der Waals surface area contributed by atoms with Gasteiger partial charge in [-0.1, -0.05) is 0 Å². The van der Waals surface area contributed by atoms with Crippen LogP contribution < -0.4 is 10.6 Å². The lowest BCUT2D eigenvalue weighted by Crippen LogP contribution is -2.37. The summed E-state index contributed by atoms with van der Waals surface area (Å²) in [4.78, 5) is 19.4. The van der Waals surface area contributed by atoms with Crippen LogP contribution in [-0.4, -0.2) is 39.9 Å². The zero-order valence-corrected chi connectivity index (χ0v) is 14.9. The standard InChI is InChI=1S/C15H19F3N6O2/c1-8-10(7-24(23-8)14(2,3)12(25)26-5)21-13-20-6-9(15(16,17)18)11(19-4)22-13/h6-7H,1-5H3,(H2,19,20,21,22). The molecular weight excluding hydrogens is 353 g/mol. The summed E-state index contributed by atoms with van der Waals surface area (Å²) in [7, 11) is 2.61. The molecule has 0 aromatic carbocycles. The zero-order valence-electron chi connectivity index (χ0n) is 14.9. The van der Waals surface area contributed by atoms with Crippen LogP contribution in [0.25, 0.3) is 0 Å². The first-order valence-electron chi connectivity index (χ1n) is 7.55. The number of nitrogens with zero attached hydrogens (tertiary/aromatic N) is 4. The maximum Gasteiger partial charge on any atom is 0.421 e. The summed E-state index contributed by atoms with van der Waals surface area (Å²) in [6, 6.07) is 0. The summed E-state index contributed by atoms with van der Waals surface area (Å²) in [6.45, 7) is 4.93. The number of halogens is 3. The lowest BCUT2D eigenvalue weighted by Gasteiger charge is -2.21. The summed E-state index contributed by atoms with van der Waals surface area (Å²) in [5, 5.41) is 9.46. The Balaban J connectivity index is 2.34. The predicted molar refractivity (Wildman–Crippen MR) is 88.2 cm³/mol. The van der Waals surface area contributed by atoms with Gasteiger partial charge in [0.25, 0.3) is 0 Å². The second-order valence-corrected chi connectivity index (χ2v) is 5.95. The number of esters is 1. The van der Waals surface area contributed by atoms with Gasteiger partial charge in [-0.2, -0.15) is 23.3 Å². The quantitative estimate of drug-likeness (QED) is 0.780. The van der Waals surface area contributed by atoms with Gasteiger partial charge in [0, 0.05) is 13.2 Å². The van der Waals surface area contributed by atoms with Gasteiger partial charge in [-0.3, -0.25) is 4.68 Å². The number of carbonyl (C=O) groups excluding carboxylic acids is 1. The largest absolute Gasteiger partial charge is 0.467 e. The number of anilines is 3. The van der Waals surface area contributed by atoms with Crippen LogP contribution in [0.2, 0.25) is 0 Å². The zero-order chi connectivity index (χ0) is 19.7. The van der Waals surface area contributed by atoms with Crippen LogP contribution in [0.5, 0.6) is 0 Å². The van der Waals surface area contributed by atoms with E-state index in [1.54, 1.807) is 20.8 Å². The Kier molecular flexibility index (Phi) is 5.10. The van der Waals surface area contributed by atoms with Crippen LogP contribution >= 0.6 is 0 Å². The van der Waals surface area contributed by atoms with Crippen LogP contribution in [0.1, 0.15) is 25.1 Å². The molecule has 0 radical (unpaired) electrons. The van der Waals surface area contributed by atoms with E-state index in [-0.39, 0.29) is 11.8 Å². The summed E-state index contributed by atoms with van der Waals surface area (Å²) in [6.07, 6.45) is -2.34. The Hall–Kier alpha value is -2.85. The minimum absolute atomic E-state index is 0.0409. The fraction of sp³-hybridized carbons (Fsp3) is 0.467. The van der Waals surface area contributed by atoms with Crippen LogP contribution in [0.4, 0.5) is 30.6 Å². The van der Waals surface area contributed by atoms with Gasteiger partial charge in [0.2, 0.25) is 5.95 Å². The molecule has 0 saturated carbocycles. The number of alkyl halides is 3. The molecule has 0 fully saturated rings. The van der Waals surface area contributed by atoms with Crippen LogP contribution in [0.3, 0.4) is 0 Å². The minimum Gasteiger partial charge on any atom is -0.467 e. The number of methoxy groups -OCH3 is 1. The molecule has 2 aromatic rings. The smallest absolute Gasteiger partial charge is 0.421 e. The lowest BCUT2D eigenvalue weighted by atomic mass is 10.1. The van der Waals surface area contributed by atoms with Crippen molar-refractivity contribution >= 4 is 23.4 Å². The number of hydrogen-bond donors (Lipinski definition) is 2. The maximum atomic E-state index is 12.9. The molecule has 11 heteroatoms. The molecule has 2 heterocycles. The number of hydrogen-bond acceptors (Lipinski definition) is 7. The van der Waals surface area contributed by atoms with Crippen molar-refractivity contribution in [2.24, 2.45) is 0 Å². The molecule has 2 N–H and O–H groups in total. The molecule has 2 aromatic heterocycles. The van der Waals surface area contributed by atoms with E-state index >= 15 is 0 Å². The van der Waals surface area contributed by atoms with Crippen molar-refractivity contribution < 1.29 is 22.7 Å². The summed E-state index contributed by atoms with van der Waals surface area (Å²) < 4.78 is 44.9. The first-order valence-corrected chi connectivity index (χ1v) is 7.55. The SMILES string of the molecule is CNc1nc(Nc2cn(C(C)(C)C(=O)OC)nc2C)ncc1C(F)(F)F. The first kappa shape index (κ1) is 19.5. The molecule has 0 amide bonds. The third-order valence-corrected chi connectivity index (χ3v) is 3.73. The molecule has 0 aliphatic heterocycles. The van der Waals surface area contributed by atoms with E-state index in [9.17, 15) is 18.0 Å². The highest BCUT2D eigenvalue weighted by atomic mass is 19.4. The van der Waals surface area contributed by atoms with Crippen molar-refractivity contribution in [2.45, 2.75) is 32.5 Å². The Morgan fingerprint density at radius 1 is 1.31 bits per heavy atom. The summed E-state index contributed by atoms with van der Waals surface area (Å²) in [5.41, 5.74) is -1.07. The van der Waals surface area contributed by atoms with Crippen molar-refractivity contribution in [2.75, 3.05) is 24.8 Å². The van der Waals surface area contributed by atoms with Gasteiger partial charge in [-0.25, -0.2) is 9.78 Å². The van der Waals surface area contributed by atoms with Gasteiger partial charge in [0.15, 0.2) is 5.54 Å². The molecule has 142 valence electrons. The van der Waals surface area contributed by atoms with Crippen LogP contribution in [0.15, 0.2) is 12.4 Å². The number of carbonyl (C=O) groups is 1. The number of aromatic nitrogens is 4.